The molecule has 6 nitrogen and oxygen atoms in total. The molecule has 0 spiro atoms. The summed E-state index contributed by atoms with van der Waals surface area (Å²) in [6, 6.07) is 6.27. The highest BCUT2D eigenvalue weighted by Crippen LogP contribution is 2.38. The molecule has 2 unspecified atom stereocenters. The molecule has 5 rings (SSSR count). The predicted molar refractivity (Wildman–Crippen MR) is 94.4 cm³/mol. The van der Waals surface area contributed by atoms with Crippen LogP contribution in [0.4, 0.5) is 0 Å². The van der Waals surface area contributed by atoms with E-state index >= 15 is 0 Å². The molecular formula is C19H21N3O3. The molecule has 0 bridgehead atoms. The number of aliphatic hydroxyl groups excluding tert-OH is 1. The van der Waals surface area contributed by atoms with Crippen LogP contribution < -0.4 is 5.56 Å². The van der Waals surface area contributed by atoms with Crippen LogP contribution >= 0.6 is 0 Å². The predicted octanol–water partition coefficient (Wildman–Crippen LogP) is 2.32. The number of rotatable bonds is 2. The summed E-state index contributed by atoms with van der Waals surface area (Å²) in [5.41, 5.74) is 2.50. The van der Waals surface area contributed by atoms with E-state index in [0.29, 0.717) is 41.0 Å². The molecule has 2 N–H and O–H groups in total. The molecule has 2 fully saturated rings. The lowest BCUT2D eigenvalue weighted by atomic mass is 9.75. The van der Waals surface area contributed by atoms with E-state index in [0.717, 1.165) is 36.8 Å². The lowest BCUT2D eigenvalue weighted by Crippen LogP contribution is -2.61. The molecule has 3 aromatic rings. The Labute approximate surface area is 144 Å². The Kier molecular flexibility index (Phi) is 3.27. The number of benzene rings is 1. The Morgan fingerprint density at radius 2 is 2.28 bits per heavy atom. The lowest BCUT2D eigenvalue weighted by Gasteiger charge is -2.52. The zero-order valence-electron chi connectivity index (χ0n) is 14.2. The van der Waals surface area contributed by atoms with Crippen molar-refractivity contribution >= 4 is 22.1 Å². The van der Waals surface area contributed by atoms with Crippen LogP contribution in [-0.4, -0.2) is 38.7 Å². The Morgan fingerprint density at radius 1 is 1.40 bits per heavy atom. The van der Waals surface area contributed by atoms with Crippen LogP contribution in [0.2, 0.25) is 0 Å². The number of nitrogens with one attached hydrogen (secondary N) is 1. The smallest absolute Gasteiger partial charge is 0.294 e. The van der Waals surface area contributed by atoms with Crippen molar-refractivity contribution in [2.45, 2.75) is 44.9 Å². The summed E-state index contributed by atoms with van der Waals surface area (Å²) in [6.45, 7) is 3.50. The van der Waals surface area contributed by atoms with Gasteiger partial charge in [0, 0.05) is 23.9 Å². The third kappa shape index (κ3) is 2.32. The fourth-order valence-corrected chi connectivity index (χ4v) is 4.45. The van der Waals surface area contributed by atoms with Crippen molar-refractivity contribution in [3.8, 4) is 0 Å². The number of likely N-dealkylation sites (tertiary alicyclic amines) is 1. The van der Waals surface area contributed by atoms with E-state index in [1.165, 1.54) is 0 Å². The third-order valence-electron chi connectivity index (χ3n) is 5.78. The zero-order valence-corrected chi connectivity index (χ0v) is 14.2. The Bertz CT molecular complexity index is 1020. The number of H-pyrrole nitrogens is 1. The summed E-state index contributed by atoms with van der Waals surface area (Å²) < 4.78 is 5.69. The molecule has 130 valence electrons. The quantitative estimate of drug-likeness (QED) is 0.749. The van der Waals surface area contributed by atoms with Crippen molar-refractivity contribution < 1.29 is 9.52 Å². The van der Waals surface area contributed by atoms with E-state index in [9.17, 15) is 9.90 Å². The van der Waals surface area contributed by atoms with Crippen molar-refractivity contribution in [1.29, 1.82) is 0 Å². The summed E-state index contributed by atoms with van der Waals surface area (Å²) in [7, 11) is 0. The van der Waals surface area contributed by atoms with Gasteiger partial charge < -0.3 is 14.5 Å². The van der Waals surface area contributed by atoms with Gasteiger partial charge in [-0.15, -0.1) is 0 Å². The summed E-state index contributed by atoms with van der Waals surface area (Å²) in [5.74, 6) is 1.04. The van der Waals surface area contributed by atoms with E-state index in [1.807, 2.05) is 25.1 Å². The summed E-state index contributed by atoms with van der Waals surface area (Å²) in [4.78, 5) is 22.3. The van der Waals surface area contributed by atoms with Gasteiger partial charge in [-0.3, -0.25) is 9.69 Å². The molecule has 0 radical (unpaired) electrons. The third-order valence-corrected chi connectivity index (χ3v) is 5.78. The van der Waals surface area contributed by atoms with E-state index in [1.54, 1.807) is 0 Å². The molecule has 1 aliphatic heterocycles. The Balaban J connectivity index is 1.51. The summed E-state index contributed by atoms with van der Waals surface area (Å²) in [5, 5.41) is 11.0. The van der Waals surface area contributed by atoms with Crippen molar-refractivity contribution in [3.05, 3.63) is 39.9 Å². The van der Waals surface area contributed by atoms with Gasteiger partial charge >= 0.3 is 0 Å². The fourth-order valence-electron chi connectivity index (χ4n) is 4.45. The Morgan fingerprint density at radius 3 is 3.16 bits per heavy atom. The first-order valence-corrected chi connectivity index (χ1v) is 8.94. The highest BCUT2D eigenvalue weighted by atomic mass is 16.3. The van der Waals surface area contributed by atoms with Crippen molar-refractivity contribution in [1.82, 2.24) is 14.9 Å². The standard InChI is InChI=1S/C19H21N3O3/c1-10-5-6-15-11(7-10)17-18(25-15)19(24)21-16(20-17)9-22-8-12-13(22)3-2-4-14(12)23/h5-7,12-14,23H,2-4,8-9H2,1H3,(H,20,21,24)/t12?,13?,14-/m0/s1. The van der Waals surface area contributed by atoms with Gasteiger partial charge in [-0.25, -0.2) is 4.98 Å². The first-order valence-electron chi connectivity index (χ1n) is 8.94. The minimum absolute atomic E-state index is 0.176. The molecule has 1 saturated carbocycles. The number of aliphatic hydroxyl groups is 1. The van der Waals surface area contributed by atoms with Gasteiger partial charge in [-0.1, -0.05) is 11.6 Å². The van der Waals surface area contributed by atoms with Crippen LogP contribution in [0.3, 0.4) is 0 Å². The number of hydrogen-bond acceptors (Lipinski definition) is 5. The molecule has 3 heterocycles. The van der Waals surface area contributed by atoms with Crippen molar-refractivity contribution in [2.75, 3.05) is 6.54 Å². The second-order valence-electron chi connectivity index (χ2n) is 7.45. The van der Waals surface area contributed by atoms with E-state index in [2.05, 4.69) is 9.88 Å². The molecule has 2 aliphatic rings. The molecule has 3 atom stereocenters. The maximum Gasteiger partial charge on any atom is 0.294 e. The highest BCUT2D eigenvalue weighted by molar-refractivity contribution is 6.02. The average Bonchev–Trinajstić information content (AvgIpc) is 2.93. The first-order chi connectivity index (χ1) is 12.1. The minimum atomic E-state index is -0.227. The van der Waals surface area contributed by atoms with Gasteiger partial charge in [0.15, 0.2) is 0 Å². The van der Waals surface area contributed by atoms with Crippen LogP contribution in [0.25, 0.3) is 22.1 Å². The summed E-state index contributed by atoms with van der Waals surface area (Å²) in [6.07, 6.45) is 2.91. The van der Waals surface area contributed by atoms with Gasteiger partial charge in [-0.2, -0.15) is 0 Å². The molecule has 6 heteroatoms. The first kappa shape index (κ1) is 15.1. The SMILES string of the molecule is Cc1ccc2oc3c(=O)[nH]c(CN4CC5C4CCC[C@@H]5O)nc3c2c1. The minimum Gasteiger partial charge on any atom is -0.449 e. The fraction of sp³-hybridized carbons (Fsp3) is 0.474. The topological polar surface area (TPSA) is 82.4 Å². The van der Waals surface area contributed by atoms with Crippen molar-refractivity contribution in [3.63, 3.8) is 0 Å². The summed E-state index contributed by atoms with van der Waals surface area (Å²) >= 11 is 0. The zero-order chi connectivity index (χ0) is 17.1. The number of fused-ring (bicyclic) bond motifs is 4. The van der Waals surface area contributed by atoms with Gasteiger partial charge in [0.1, 0.15) is 16.9 Å². The van der Waals surface area contributed by atoms with Crippen LogP contribution in [0.15, 0.2) is 27.4 Å². The van der Waals surface area contributed by atoms with Gasteiger partial charge in [0.05, 0.1) is 12.6 Å². The number of aromatic amines is 1. The molecule has 1 saturated heterocycles. The normalized spacial score (nSPS) is 26.7. The van der Waals surface area contributed by atoms with Crippen LogP contribution in [0.5, 0.6) is 0 Å². The molecular weight excluding hydrogens is 318 g/mol. The maximum absolute atomic E-state index is 12.4. The average molecular weight is 339 g/mol. The maximum atomic E-state index is 12.4. The van der Waals surface area contributed by atoms with Gasteiger partial charge in [-0.05, 0) is 38.3 Å². The van der Waals surface area contributed by atoms with E-state index < -0.39 is 0 Å². The molecule has 2 aromatic heterocycles. The van der Waals surface area contributed by atoms with Crippen LogP contribution in [-0.2, 0) is 6.54 Å². The number of furan rings is 1. The van der Waals surface area contributed by atoms with E-state index in [-0.39, 0.29) is 11.7 Å². The molecule has 1 aliphatic carbocycles. The Hall–Kier alpha value is -2.18. The van der Waals surface area contributed by atoms with Crippen LogP contribution in [0.1, 0.15) is 30.7 Å². The largest absolute Gasteiger partial charge is 0.449 e. The highest BCUT2D eigenvalue weighted by Gasteiger charge is 2.44. The number of aromatic nitrogens is 2. The lowest BCUT2D eigenvalue weighted by molar-refractivity contribution is -0.0927. The molecule has 0 amide bonds. The monoisotopic (exact) mass is 339 g/mol. The van der Waals surface area contributed by atoms with Crippen LogP contribution in [0, 0.1) is 12.8 Å². The number of aryl methyl sites for hydroxylation is 1. The molecule has 25 heavy (non-hydrogen) atoms. The number of nitrogens with zero attached hydrogens (tertiary/aromatic N) is 2. The number of hydrogen-bond donors (Lipinski definition) is 2. The van der Waals surface area contributed by atoms with Gasteiger partial charge in [0.25, 0.3) is 5.56 Å². The van der Waals surface area contributed by atoms with Crippen molar-refractivity contribution in [2.24, 2.45) is 5.92 Å². The van der Waals surface area contributed by atoms with Gasteiger partial charge in [0.2, 0.25) is 5.58 Å². The van der Waals surface area contributed by atoms with E-state index in [4.69, 9.17) is 9.40 Å². The second kappa shape index (κ2) is 5.41. The molecule has 1 aromatic carbocycles. The second-order valence-corrected chi connectivity index (χ2v) is 7.45.